The quantitative estimate of drug-likeness (QED) is 0.759. The van der Waals surface area contributed by atoms with Gasteiger partial charge < -0.3 is 5.32 Å². The van der Waals surface area contributed by atoms with Crippen LogP contribution in [-0.2, 0) is 0 Å². The molecule has 0 spiro atoms. The number of amides is 1. The van der Waals surface area contributed by atoms with Gasteiger partial charge in [-0.1, -0.05) is 34.5 Å². The maximum atomic E-state index is 12.1. The Kier molecular flexibility index (Phi) is 6.25. The fraction of sp³-hybridized carbons (Fsp3) is 0.417. The Hall–Kier alpha value is 0.0400. The zero-order chi connectivity index (χ0) is 13.8. The maximum absolute atomic E-state index is 12.1. The Morgan fingerprint density at radius 1 is 1.33 bits per heavy atom. The number of nitrogens with one attached hydrogen (secondary N) is 1. The molecule has 0 saturated carbocycles. The van der Waals surface area contributed by atoms with E-state index >= 15 is 0 Å². The zero-order valence-corrected chi connectivity index (χ0v) is 13.6. The van der Waals surface area contributed by atoms with Crippen molar-refractivity contribution in [2.75, 3.05) is 11.8 Å². The topological polar surface area (TPSA) is 29.1 Å². The summed E-state index contributed by atoms with van der Waals surface area (Å²) in [6, 6.07) is 5.02. The first-order valence-electron chi connectivity index (χ1n) is 5.37. The van der Waals surface area contributed by atoms with Gasteiger partial charge in [-0.15, -0.1) is 23.2 Å². The van der Waals surface area contributed by atoms with Crippen molar-refractivity contribution in [3.63, 3.8) is 0 Å². The lowest BCUT2D eigenvalue weighted by molar-refractivity contribution is 0.0913. The van der Waals surface area contributed by atoms with Gasteiger partial charge in [-0.25, -0.2) is 0 Å². The lowest BCUT2D eigenvalue weighted by Crippen LogP contribution is -2.51. The fourth-order valence-corrected chi connectivity index (χ4v) is 3.04. The van der Waals surface area contributed by atoms with Crippen LogP contribution in [0.2, 0.25) is 5.02 Å². The van der Waals surface area contributed by atoms with Crippen molar-refractivity contribution < 1.29 is 4.79 Å². The summed E-state index contributed by atoms with van der Waals surface area (Å²) in [6.07, 6.45) is 0.660. The Morgan fingerprint density at radius 2 is 1.94 bits per heavy atom. The summed E-state index contributed by atoms with van der Waals surface area (Å²) in [7, 11) is 0. The molecule has 0 aliphatic rings. The van der Waals surface area contributed by atoms with Crippen LogP contribution in [0.3, 0.4) is 0 Å². The van der Waals surface area contributed by atoms with Gasteiger partial charge in [0.2, 0.25) is 0 Å². The predicted molar refractivity (Wildman–Crippen MR) is 81.1 cm³/mol. The van der Waals surface area contributed by atoms with E-state index in [1.807, 2.05) is 6.92 Å². The molecule has 0 bridgehead atoms. The molecule has 0 atom stereocenters. The fourth-order valence-electron chi connectivity index (χ4n) is 1.38. The van der Waals surface area contributed by atoms with Crippen molar-refractivity contribution >= 4 is 56.6 Å². The van der Waals surface area contributed by atoms with Gasteiger partial charge >= 0.3 is 0 Å². The molecule has 6 heteroatoms. The maximum Gasteiger partial charge on any atom is 0.251 e. The number of halogens is 4. The number of alkyl halides is 2. The van der Waals surface area contributed by atoms with Gasteiger partial charge in [-0.3, -0.25) is 4.79 Å². The van der Waals surface area contributed by atoms with Crippen molar-refractivity contribution in [1.82, 2.24) is 5.32 Å². The molecule has 1 aromatic carbocycles. The number of rotatable bonds is 5. The van der Waals surface area contributed by atoms with Crippen molar-refractivity contribution in [3.05, 3.63) is 33.3 Å². The lowest BCUT2D eigenvalue weighted by atomic mass is 10.0. The van der Waals surface area contributed by atoms with Crippen LogP contribution < -0.4 is 5.32 Å². The van der Waals surface area contributed by atoms with E-state index < -0.39 is 5.54 Å². The Bertz CT molecular complexity index is 407. The molecule has 1 amide bonds. The molecular formula is C12H13BrCl3NO. The van der Waals surface area contributed by atoms with Crippen LogP contribution in [0.5, 0.6) is 0 Å². The number of benzene rings is 1. The molecule has 0 aliphatic carbocycles. The molecule has 0 heterocycles. The highest BCUT2D eigenvalue weighted by Gasteiger charge is 2.28. The summed E-state index contributed by atoms with van der Waals surface area (Å²) in [5.74, 6) is 0.294. The monoisotopic (exact) mass is 371 g/mol. The molecule has 0 aromatic heterocycles. The molecule has 2 nitrogen and oxygen atoms in total. The number of carbonyl (C=O) groups is 1. The Balaban J connectivity index is 2.94. The third-order valence-corrected chi connectivity index (χ3v) is 4.39. The number of hydrogen-bond acceptors (Lipinski definition) is 1. The second kappa shape index (κ2) is 6.99. The number of hydrogen-bond donors (Lipinski definition) is 1. The third-order valence-electron chi connectivity index (χ3n) is 2.69. The van der Waals surface area contributed by atoms with E-state index in [0.717, 1.165) is 4.47 Å². The largest absolute Gasteiger partial charge is 0.344 e. The number of carbonyl (C=O) groups excluding carboxylic acids is 1. The van der Waals surface area contributed by atoms with Gasteiger partial charge in [0.15, 0.2) is 0 Å². The third kappa shape index (κ3) is 4.02. The normalized spacial score (nSPS) is 11.4. The van der Waals surface area contributed by atoms with Crippen molar-refractivity contribution in [3.8, 4) is 0 Å². The van der Waals surface area contributed by atoms with Gasteiger partial charge in [-0.05, 0) is 24.6 Å². The van der Waals surface area contributed by atoms with E-state index in [9.17, 15) is 4.79 Å². The molecule has 0 fully saturated rings. The van der Waals surface area contributed by atoms with Crippen molar-refractivity contribution in [2.45, 2.75) is 18.9 Å². The van der Waals surface area contributed by atoms with Crippen LogP contribution in [-0.4, -0.2) is 23.2 Å². The molecule has 0 unspecified atom stereocenters. The van der Waals surface area contributed by atoms with Crippen LogP contribution in [0.15, 0.2) is 22.7 Å². The lowest BCUT2D eigenvalue weighted by Gasteiger charge is -2.29. The SMILES string of the molecule is CCC(CCl)(CCl)NC(=O)c1cc(Cl)cc(Br)c1. The average Bonchev–Trinajstić information content (AvgIpc) is 2.35. The van der Waals surface area contributed by atoms with Crippen LogP contribution in [0.4, 0.5) is 0 Å². The minimum Gasteiger partial charge on any atom is -0.344 e. The zero-order valence-electron chi connectivity index (χ0n) is 9.77. The van der Waals surface area contributed by atoms with Crippen molar-refractivity contribution in [2.24, 2.45) is 0 Å². The van der Waals surface area contributed by atoms with Crippen LogP contribution in [0.25, 0.3) is 0 Å². The smallest absolute Gasteiger partial charge is 0.251 e. The molecule has 1 rings (SSSR count). The molecule has 1 aromatic rings. The summed E-state index contributed by atoms with van der Waals surface area (Å²) in [5.41, 5.74) is -0.114. The first-order chi connectivity index (χ1) is 8.46. The summed E-state index contributed by atoms with van der Waals surface area (Å²) in [4.78, 5) is 12.1. The molecule has 1 N–H and O–H groups in total. The van der Waals surface area contributed by atoms with E-state index in [4.69, 9.17) is 34.8 Å². The standard InChI is InChI=1S/C12H13BrCl3NO/c1-2-12(6-14,7-15)17-11(18)8-3-9(13)5-10(16)4-8/h3-5H,2,6-7H2,1H3,(H,17,18). The molecule has 0 radical (unpaired) electrons. The van der Waals surface area contributed by atoms with E-state index in [2.05, 4.69) is 21.2 Å². The Morgan fingerprint density at radius 3 is 2.39 bits per heavy atom. The van der Waals surface area contributed by atoms with Crippen molar-refractivity contribution in [1.29, 1.82) is 0 Å². The van der Waals surface area contributed by atoms with E-state index in [1.165, 1.54) is 0 Å². The first-order valence-corrected chi connectivity index (χ1v) is 7.61. The van der Waals surface area contributed by atoms with Gasteiger partial charge in [-0.2, -0.15) is 0 Å². The average molecular weight is 374 g/mol. The van der Waals surface area contributed by atoms with Crippen LogP contribution in [0, 0.1) is 0 Å². The van der Waals surface area contributed by atoms with E-state index in [1.54, 1.807) is 18.2 Å². The summed E-state index contributed by atoms with van der Waals surface area (Å²) >= 11 is 21.0. The van der Waals surface area contributed by atoms with Gasteiger partial charge in [0, 0.05) is 26.8 Å². The Labute approximate surface area is 130 Å². The molecule has 18 heavy (non-hydrogen) atoms. The second-order valence-corrected chi connectivity index (χ2v) is 5.90. The minimum atomic E-state index is -0.588. The van der Waals surface area contributed by atoms with Crippen LogP contribution >= 0.6 is 50.7 Å². The highest BCUT2D eigenvalue weighted by molar-refractivity contribution is 9.10. The molecule has 100 valence electrons. The highest BCUT2D eigenvalue weighted by atomic mass is 79.9. The summed E-state index contributed by atoms with van der Waals surface area (Å²) in [6.45, 7) is 1.93. The van der Waals surface area contributed by atoms with E-state index in [-0.39, 0.29) is 17.7 Å². The van der Waals surface area contributed by atoms with Crippen LogP contribution in [0.1, 0.15) is 23.7 Å². The highest BCUT2D eigenvalue weighted by Crippen LogP contribution is 2.21. The predicted octanol–water partition coefficient (Wildman–Crippen LogP) is 4.46. The molecular weight excluding hydrogens is 360 g/mol. The van der Waals surface area contributed by atoms with E-state index in [0.29, 0.717) is 17.0 Å². The molecule has 0 aliphatic heterocycles. The summed E-state index contributed by atoms with van der Waals surface area (Å²) in [5, 5.41) is 3.36. The van der Waals surface area contributed by atoms with Gasteiger partial charge in [0.25, 0.3) is 5.91 Å². The van der Waals surface area contributed by atoms with Gasteiger partial charge in [0.05, 0.1) is 5.54 Å². The summed E-state index contributed by atoms with van der Waals surface area (Å²) < 4.78 is 0.749. The molecule has 0 saturated heterocycles. The first kappa shape index (κ1) is 16.1. The minimum absolute atomic E-state index is 0.235. The second-order valence-electron chi connectivity index (χ2n) is 4.01. The van der Waals surface area contributed by atoms with Gasteiger partial charge in [0.1, 0.15) is 0 Å².